The van der Waals surface area contributed by atoms with Crippen molar-refractivity contribution in [1.82, 2.24) is 0 Å². The second kappa shape index (κ2) is 9.68. The van der Waals surface area contributed by atoms with Gasteiger partial charge in [-0.3, -0.25) is 9.59 Å². The summed E-state index contributed by atoms with van der Waals surface area (Å²) < 4.78 is 1.13. The molecule has 0 aliphatic rings. The first-order valence-corrected chi connectivity index (χ1v) is 9.71. The van der Waals surface area contributed by atoms with Crippen LogP contribution in [0.3, 0.4) is 0 Å². The van der Waals surface area contributed by atoms with Crippen LogP contribution in [0, 0.1) is 3.57 Å². The maximum absolute atomic E-state index is 12.0. The Hall–Kier alpha value is -1.54. The van der Waals surface area contributed by atoms with Crippen LogP contribution in [0.25, 0.3) is 0 Å². The first kappa shape index (κ1) is 18.8. The van der Waals surface area contributed by atoms with E-state index in [0.717, 1.165) is 26.3 Å². The smallest absolute Gasteiger partial charge is 0.234 e. The topological polar surface area (TPSA) is 58.2 Å². The van der Waals surface area contributed by atoms with Gasteiger partial charge in [0.2, 0.25) is 11.8 Å². The monoisotopic (exact) mass is 454 g/mol. The van der Waals surface area contributed by atoms with E-state index in [0.29, 0.717) is 12.2 Å². The van der Waals surface area contributed by atoms with E-state index in [9.17, 15) is 9.59 Å². The molecule has 2 rings (SSSR count). The molecule has 0 spiro atoms. The van der Waals surface area contributed by atoms with Crippen LogP contribution in [0.4, 0.5) is 11.4 Å². The first-order chi connectivity index (χ1) is 11.6. The summed E-state index contributed by atoms with van der Waals surface area (Å²) in [7, 11) is 0. The molecule has 0 aromatic heterocycles. The molecule has 0 unspecified atom stereocenters. The molecule has 126 valence electrons. The number of nitrogens with one attached hydrogen (secondary N) is 2. The largest absolute Gasteiger partial charge is 0.326 e. The highest BCUT2D eigenvalue weighted by Gasteiger charge is 2.06. The van der Waals surface area contributed by atoms with Gasteiger partial charge in [0.05, 0.1) is 5.75 Å². The van der Waals surface area contributed by atoms with Gasteiger partial charge in [-0.1, -0.05) is 13.0 Å². The van der Waals surface area contributed by atoms with Gasteiger partial charge in [-0.2, -0.15) is 0 Å². The first-order valence-electron chi connectivity index (χ1n) is 7.65. The molecule has 2 aromatic rings. The molecular formula is C18H19IN2O2S. The molecule has 2 amide bonds. The van der Waals surface area contributed by atoms with Crippen molar-refractivity contribution in [2.45, 2.75) is 24.7 Å². The van der Waals surface area contributed by atoms with Crippen molar-refractivity contribution < 1.29 is 9.59 Å². The number of rotatable bonds is 7. The summed E-state index contributed by atoms with van der Waals surface area (Å²) in [6.45, 7) is 1.97. The van der Waals surface area contributed by atoms with Gasteiger partial charge in [-0.15, -0.1) is 11.8 Å². The summed E-state index contributed by atoms with van der Waals surface area (Å²) in [5.41, 5.74) is 1.55. The minimum absolute atomic E-state index is 0.0103. The lowest BCUT2D eigenvalue weighted by Crippen LogP contribution is -2.14. The van der Waals surface area contributed by atoms with Crippen molar-refractivity contribution >= 4 is 57.5 Å². The zero-order valence-corrected chi connectivity index (χ0v) is 16.3. The van der Waals surface area contributed by atoms with E-state index in [1.54, 1.807) is 0 Å². The van der Waals surface area contributed by atoms with Gasteiger partial charge in [0.15, 0.2) is 0 Å². The van der Waals surface area contributed by atoms with E-state index in [-0.39, 0.29) is 11.8 Å². The maximum Gasteiger partial charge on any atom is 0.234 e. The highest BCUT2D eigenvalue weighted by atomic mass is 127. The lowest BCUT2D eigenvalue weighted by Gasteiger charge is -2.08. The lowest BCUT2D eigenvalue weighted by atomic mass is 10.3. The number of hydrogen-bond donors (Lipinski definition) is 2. The summed E-state index contributed by atoms with van der Waals surface area (Å²) >= 11 is 3.66. The van der Waals surface area contributed by atoms with Crippen LogP contribution in [0.15, 0.2) is 53.4 Å². The third kappa shape index (κ3) is 6.52. The zero-order valence-electron chi connectivity index (χ0n) is 13.3. The van der Waals surface area contributed by atoms with Crippen molar-refractivity contribution in [2.24, 2.45) is 0 Å². The molecule has 0 saturated carbocycles. The van der Waals surface area contributed by atoms with Crippen molar-refractivity contribution in [3.05, 3.63) is 52.1 Å². The SMILES string of the molecule is CCCC(=O)Nc1cccc(SCC(=O)Nc2ccc(I)cc2)c1. The Labute approximate surface area is 159 Å². The molecule has 0 atom stereocenters. The van der Waals surface area contributed by atoms with Crippen molar-refractivity contribution in [1.29, 1.82) is 0 Å². The molecular weight excluding hydrogens is 435 g/mol. The highest BCUT2D eigenvalue weighted by molar-refractivity contribution is 14.1. The standard InChI is InChI=1S/C18H19IN2O2S/c1-2-4-17(22)21-15-5-3-6-16(11-15)24-12-18(23)20-14-9-7-13(19)8-10-14/h3,5-11H,2,4,12H2,1H3,(H,20,23)(H,21,22). The van der Waals surface area contributed by atoms with Crippen LogP contribution in [-0.4, -0.2) is 17.6 Å². The average Bonchev–Trinajstić information content (AvgIpc) is 2.56. The molecule has 6 heteroatoms. The fraction of sp³-hybridized carbons (Fsp3) is 0.222. The molecule has 24 heavy (non-hydrogen) atoms. The van der Waals surface area contributed by atoms with Gasteiger partial charge in [0, 0.05) is 26.3 Å². The van der Waals surface area contributed by atoms with E-state index in [4.69, 9.17) is 0 Å². The normalized spacial score (nSPS) is 10.2. The number of benzene rings is 2. The summed E-state index contributed by atoms with van der Waals surface area (Å²) in [5.74, 6) is 0.274. The van der Waals surface area contributed by atoms with Crippen molar-refractivity contribution in [2.75, 3.05) is 16.4 Å². The van der Waals surface area contributed by atoms with Crippen LogP contribution in [0.1, 0.15) is 19.8 Å². The van der Waals surface area contributed by atoms with Crippen LogP contribution in [0.5, 0.6) is 0 Å². The Morgan fingerprint density at radius 1 is 1.00 bits per heavy atom. The summed E-state index contributed by atoms with van der Waals surface area (Å²) in [5, 5.41) is 5.73. The molecule has 0 saturated heterocycles. The summed E-state index contributed by atoms with van der Waals surface area (Å²) in [6, 6.07) is 15.2. The van der Waals surface area contributed by atoms with Gasteiger partial charge in [-0.05, 0) is 71.5 Å². The Morgan fingerprint density at radius 2 is 1.71 bits per heavy atom. The molecule has 0 aliphatic heterocycles. The fourth-order valence-electron chi connectivity index (χ4n) is 1.99. The van der Waals surface area contributed by atoms with E-state index in [2.05, 4.69) is 33.2 Å². The van der Waals surface area contributed by atoms with E-state index in [1.165, 1.54) is 11.8 Å². The van der Waals surface area contributed by atoms with Crippen molar-refractivity contribution in [3.63, 3.8) is 0 Å². The Morgan fingerprint density at radius 3 is 2.42 bits per heavy atom. The third-order valence-corrected chi connectivity index (χ3v) is 4.81. The molecule has 0 fully saturated rings. The number of halogens is 1. The Balaban J connectivity index is 1.86. The van der Waals surface area contributed by atoms with Crippen LogP contribution in [0.2, 0.25) is 0 Å². The minimum Gasteiger partial charge on any atom is -0.326 e. The molecule has 2 aromatic carbocycles. The number of carbonyl (C=O) groups excluding carboxylic acids is 2. The second-order valence-electron chi connectivity index (χ2n) is 5.17. The molecule has 0 aliphatic carbocycles. The van der Waals surface area contributed by atoms with Gasteiger partial charge < -0.3 is 10.6 Å². The number of hydrogen-bond acceptors (Lipinski definition) is 3. The number of amides is 2. The summed E-state index contributed by atoms with van der Waals surface area (Å²) in [6.07, 6.45) is 1.33. The third-order valence-electron chi connectivity index (χ3n) is 3.09. The Bertz CT molecular complexity index is 704. The molecule has 0 radical (unpaired) electrons. The molecule has 2 N–H and O–H groups in total. The second-order valence-corrected chi connectivity index (χ2v) is 7.46. The number of anilines is 2. The predicted molar refractivity (Wildman–Crippen MR) is 108 cm³/mol. The van der Waals surface area contributed by atoms with E-state index < -0.39 is 0 Å². The van der Waals surface area contributed by atoms with Gasteiger partial charge in [-0.25, -0.2) is 0 Å². The Kier molecular flexibility index (Phi) is 7.58. The zero-order chi connectivity index (χ0) is 17.4. The van der Waals surface area contributed by atoms with Crippen LogP contribution < -0.4 is 10.6 Å². The number of thioether (sulfide) groups is 1. The van der Waals surface area contributed by atoms with E-state index in [1.807, 2.05) is 55.5 Å². The predicted octanol–water partition coefficient (Wildman–Crippen LogP) is 4.76. The highest BCUT2D eigenvalue weighted by Crippen LogP contribution is 2.22. The fourth-order valence-corrected chi connectivity index (χ4v) is 3.11. The molecule has 0 heterocycles. The van der Waals surface area contributed by atoms with Gasteiger partial charge in [0.25, 0.3) is 0 Å². The summed E-state index contributed by atoms with van der Waals surface area (Å²) in [4.78, 5) is 24.6. The van der Waals surface area contributed by atoms with Gasteiger partial charge in [0.1, 0.15) is 0 Å². The van der Waals surface area contributed by atoms with E-state index >= 15 is 0 Å². The van der Waals surface area contributed by atoms with Gasteiger partial charge >= 0.3 is 0 Å². The number of carbonyl (C=O) groups is 2. The van der Waals surface area contributed by atoms with Crippen molar-refractivity contribution in [3.8, 4) is 0 Å². The van der Waals surface area contributed by atoms with Crippen LogP contribution >= 0.6 is 34.4 Å². The minimum atomic E-state index is -0.0540. The maximum atomic E-state index is 12.0. The lowest BCUT2D eigenvalue weighted by molar-refractivity contribution is -0.116. The molecule has 4 nitrogen and oxygen atoms in total. The van der Waals surface area contributed by atoms with Crippen LogP contribution in [-0.2, 0) is 9.59 Å². The molecule has 0 bridgehead atoms. The average molecular weight is 454 g/mol. The quantitative estimate of drug-likeness (QED) is 0.469.